The van der Waals surface area contributed by atoms with Gasteiger partial charge in [0, 0.05) is 22.3 Å². The molecular weight excluding hydrogens is 265 g/mol. The van der Waals surface area contributed by atoms with Crippen molar-refractivity contribution in [3.63, 3.8) is 0 Å². The molecule has 2 rings (SSSR count). The van der Waals surface area contributed by atoms with Crippen LogP contribution in [0.3, 0.4) is 0 Å². The topological polar surface area (TPSA) is 23.5 Å². The van der Waals surface area contributed by atoms with Crippen molar-refractivity contribution in [3.8, 4) is 0 Å². The third-order valence-electron chi connectivity index (χ3n) is 2.04. The molecule has 1 aliphatic rings. The molecule has 0 spiro atoms. The van der Waals surface area contributed by atoms with Crippen LogP contribution in [0.15, 0.2) is 24.3 Å². The average molecular weight is 275 g/mol. The van der Waals surface area contributed by atoms with E-state index in [2.05, 4.69) is 45.7 Å². The highest BCUT2D eigenvalue weighted by atomic mass is 127. The molecule has 0 amide bonds. The maximum atomic E-state index is 9.11. The van der Waals surface area contributed by atoms with E-state index in [0.29, 0.717) is 0 Å². The van der Waals surface area contributed by atoms with E-state index in [1.54, 1.807) is 0 Å². The van der Waals surface area contributed by atoms with Crippen molar-refractivity contribution < 1.29 is 5.11 Å². The molecule has 3 heteroatoms. The quantitative estimate of drug-likeness (QED) is 0.785. The molecule has 0 radical (unpaired) electrons. The fraction of sp³-hybridized carbons (Fsp3) is 0.333. The van der Waals surface area contributed by atoms with E-state index in [-0.39, 0.29) is 6.10 Å². The van der Waals surface area contributed by atoms with Gasteiger partial charge in [-0.05, 0) is 40.8 Å². The van der Waals surface area contributed by atoms with Crippen molar-refractivity contribution in [2.45, 2.75) is 6.10 Å². The van der Waals surface area contributed by atoms with Crippen LogP contribution in [0.5, 0.6) is 0 Å². The van der Waals surface area contributed by atoms with E-state index >= 15 is 0 Å². The summed E-state index contributed by atoms with van der Waals surface area (Å²) < 4.78 is 1.24. The van der Waals surface area contributed by atoms with Crippen molar-refractivity contribution >= 4 is 28.3 Å². The molecule has 2 nitrogen and oxygen atoms in total. The van der Waals surface area contributed by atoms with Crippen LogP contribution in [-0.2, 0) is 0 Å². The van der Waals surface area contributed by atoms with Crippen molar-refractivity contribution in [3.05, 3.63) is 27.8 Å². The maximum Gasteiger partial charge on any atom is 0.0889 e. The monoisotopic (exact) mass is 275 g/mol. The minimum Gasteiger partial charge on any atom is -0.389 e. The number of halogens is 1. The van der Waals surface area contributed by atoms with Gasteiger partial charge < -0.3 is 10.0 Å². The first kappa shape index (κ1) is 8.31. The molecule has 64 valence electrons. The molecular formula is C9H10INO. The largest absolute Gasteiger partial charge is 0.389 e. The summed E-state index contributed by atoms with van der Waals surface area (Å²) in [6, 6.07) is 8.32. The van der Waals surface area contributed by atoms with Gasteiger partial charge in [0.05, 0.1) is 6.10 Å². The second-order valence-corrected chi connectivity index (χ2v) is 4.28. The van der Waals surface area contributed by atoms with Gasteiger partial charge in [0.25, 0.3) is 0 Å². The average Bonchev–Trinajstić information content (AvgIpc) is 1.99. The molecule has 0 unspecified atom stereocenters. The Bertz CT molecular complexity index is 284. The molecule has 1 N–H and O–H groups in total. The molecule has 0 aromatic heterocycles. The summed E-state index contributed by atoms with van der Waals surface area (Å²) in [5.74, 6) is 0. The molecule has 1 aromatic rings. The van der Waals surface area contributed by atoms with Crippen LogP contribution in [-0.4, -0.2) is 24.3 Å². The Morgan fingerprint density at radius 1 is 1.42 bits per heavy atom. The van der Waals surface area contributed by atoms with Gasteiger partial charge in [-0.2, -0.15) is 0 Å². The highest BCUT2D eigenvalue weighted by molar-refractivity contribution is 14.1. The molecule has 0 aliphatic carbocycles. The summed E-state index contributed by atoms with van der Waals surface area (Å²) >= 11 is 2.30. The van der Waals surface area contributed by atoms with E-state index in [4.69, 9.17) is 5.11 Å². The number of β-amino-alcohol motifs (C(OH)–C–C–N with tert-alkyl or cyclic N) is 1. The summed E-state index contributed by atoms with van der Waals surface area (Å²) in [7, 11) is 0. The lowest BCUT2D eigenvalue weighted by atomic mass is 10.1. The molecule has 1 aromatic carbocycles. The summed E-state index contributed by atoms with van der Waals surface area (Å²) in [4.78, 5) is 2.17. The highest BCUT2D eigenvalue weighted by Gasteiger charge is 2.24. The molecule has 12 heavy (non-hydrogen) atoms. The maximum absolute atomic E-state index is 9.11. The molecule has 1 saturated heterocycles. The third-order valence-corrected chi connectivity index (χ3v) is 2.71. The molecule has 0 bridgehead atoms. The van der Waals surface area contributed by atoms with Crippen LogP contribution in [0.25, 0.3) is 0 Å². The van der Waals surface area contributed by atoms with Crippen LogP contribution in [0.1, 0.15) is 0 Å². The summed E-state index contributed by atoms with van der Waals surface area (Å²) in [6.45, 7) is 1.56. The van der Waals surface area contributed by atoms with Gasteiger partial charge in [0.2, 0.25) is 0 Å². The van der Waals surface area contributed by atoms with Crippen LogP contribution >= 0.6 is 22.6 Å². The smallest absolute Gasteiger partial charge is 0.0889 e. The molecule has 1 heterocycles. The number of hydrogen-bond acceptors (Lipinski definition) is 2. The molecule has 1 aliphatic heterocycles. The lowest BCUT2D eigenvalue weighted by Gasteiger charge is -2.37. The van der Waals surface area contributed by atoms with Gasteiger partial charge in [-0.15, -0.1) is 0 Å². The second-order valence-electron chi connectivity index (χ2n) is 3.04. The fourth-order valence-electron chi connectivity index (χ4n) is 1.34. The van der Waals surface area contributed by atoms with Crippen LogP contribution in [0.2, 0.25) is 0 Å². The van der Waals surface area contributed by atoms with Gasteiger partial charge >= 0.3 is 0 Å². The number of anilines is 1. The number of nitrogens with zero attached hydrogens (tertiary/aromatic N) is 1. The Balaban J connectivity index is 2.13. The van der Waals surface area contributed by atoms with Gasteiger partial charge in [0.15, 0.2) is 0 Å². The number of aliphatic hydroxyl groups is 1. The standard InChI is InChI=1S/C9H10INO/c10-7-2-1-3-8(4-7)11-5-9(12)6-11/h1-4,9,12H,5-6H2. The van der Waals surface area contributed by atoms with Crippen LogP contribution < -0.4 is 4.90 Å². The number of aliphatic hydroxyl groups excluding tert-OH is 1. The number of rotatable bonds is 1. The third kappa shape index (κ3) is 1.56. The Morgan fingerprint density at radius 3 is 2.75 bits per heavy atom. The summed E-state index contributed by atoms with van der Waals surface area (Å²) in [5, 5.41) is 9.11. The van der Waals surface area contributed by atoms with E-state index in [1.165, 1.54) is 9.26 Å². The number of hydrogen-bond donors (Lipinski definition) is 1. The van der Waals surface area contributed by atoms with Crippen LogP contribution in [0.4, 0.5) is 5.69 Å². The van der Waals surface area contributed by atoms with Crippen LogP contribution in [0, 0.1) is 3.57 Å². The molecule has 1 fully saturated rings. The first-order valence-corrected chi connectivity index (χ1v) is 5.02. The minimum atomic E-state index is -0.122. The van der Waals surface area contributed by atoms with Crippen molar-refractivity contribution in [1.29, 1.82) is 0 Å². The lowest BCUT2D eigenvalue weighted by molar-refractivity contribution is 0.142. The zero-order valence-electron chi connectivity index (χ0n) is 6.57. The Morgan fingerprint density at radius 2 is 2.17 bits per heavy atom. The normalized spacial score (nSPS) is 17.7. The van der Waals surface area contributed by atoms with E-state index in [1.807, 2.05) is 6.07 Å². The first-order chi connectivity index (χ1) is 5.75. The van der Waals surface area contributed by atoms with Gasteiger partial charge in [-0.3, -0.25) is 0 Å². The predicted molar refractivity (Wildman–Crippen MR) is 57.4 cm³/mol. The van der Waals surface area contributed by atoms with Crippen molar-refractivity contribution in [2.24, 2.45) is 0 Å². The zero-order valence-corrected chi connectivity index (χ0v) is 8.73. The zero-order chi connectivity index (χ0) is 8.55. The summed E-state index contributed by atoms with van der Waals surface area (Å²) in [6.07, 6.45) is -0.122. The van der Waals surface area contributed by atoms with Crippen molar-refractivity contribution in [2.75, 3.05) is 18.0 Å². The van der Waals surface area contributed by atoms with E-state index < -0.39 is 0 Å². The predicted octanol–water partition coefficient (Wildman–Crippen LogP) is 1.47. The Labute approximate surface area is 85.3 Å². The molecule has 0 atom stereocenters. The molecule has 0 saturated carbocycles. The van der Waals surface area contributed by atoms with Crippen molar-refractivity contribution in [1.82, 2.24) is 0 Å². The lowest BCUT2D eigenvalue weighted by Crippen LogP contribution is -2.50. The first-order valence-electron chi connectivity index (χ1n) is 3.94. The summed E-state index contributed by atoms with van der Waals surface area (Å²) in [5.41, 5.74) is 1.22. The van der Waals surface area contributed by atoms with Gasteiger partial charge in [-0.1, -0.05) is 6.07 Å². The number of benzene rings is 1. The van der Waals surface area contributed by atoms with E-state index in [0.717, 1.165) is 13.1 Å². The minimum absolute atomic E-state index is 0.122. The Kier molecular flexibility index (Phi) is 2.23. The van der Waals surface area contributed by atoms with E-state index in [9.17, 15) is 0 Å². The highest BCUT2D eigenvalue weighted by Crippen LogP contribution is 2.22. The second kappa shape index (κ2) is 3.22. The SMILES string of the molecule is OC1CN(c2cccc(I)c2)C1. The van der Waals surface area contributed by atoms with Gasteiger partial charge in [0.1, 0.15) is 0 Å². The van der Waals surface area contributed by atoms with Gasteiger partial charge in [-0.25, -0.2) is 0 Å². The Hall–Kier alpha value is -0.290. The fourth-order valence-corrected chi connectivity index (χ4v) is 1.87.